The first kappa shape index (κ1) is 13.4. The zero-order valence-corrected chi connectivity index (χ0v) is 9.98. The number of amides is 2. The number of hydrogen-bond acceptors (Lipinski definition) is 2. The van der Waals surface area contributed by atoms with Gasteiger partial charge in [-0.3, -0.25) is 4.79 Å². The molecule has 0 saturated heterocycles. The van der Waals surface area contributed by atoms with E-state index in [0.29, 0.717) is 18.9 Å². The van der Waals surface area contributed by atoms with Crippen LogP contribution in [0.5, 0.6) is 0 Å². The number of hydrogen-bond donors (Lipinski definition) is 2. The number of carbonyl (C=O) groups excluding carboxylic acids is 1. The van der Waals surface area contributed by atoms with Gasteiger partial charge in [0.25, 0.3) is 0 Å². The van der Waals surface area contributed by atoms with Crippen molar-refractivity contribution in [3.8, 4) is 12.3 Å². The molecule has 5 nitrogen and oxygen atoms in total. The van der Waals surface area contributed by atoms with Crippen molar-refractivity contribution in [3.63, 3.8) is 0 Å². The van der Waals surface area contributed by atoms with Gasteiger partial charge < -0.3 is 15.3 Å². The van der Waals surface area contributed by atoms with E-state index in [-0.39, 0.29) is 18.6 Å². The predicted molar refractivity (Wildman–Crippen MR) is 63.4 cm³/mol. The average molecular weight is 238 g/mol. The molecule has 0 spiro atoms. The number of carboxylic acids is 1. The SMILES string of the molecule is C#CCC(C)NC(=O)N(CC(=O)O)CC1CC1. The Hall–Kier alpha value is -1.70. The molecule has 1 saturated carbocycles. The van der Waals surface area contributed by atoms with Crippen LogP contribution in [-0.4, -0.2) is 41.1 Å². The molecule has 1 atom stereocenters. The van der Waals surface area contributed by atoms with E-state index in [1.807, 2.05) is 0 Å². The van der Waals surface area contributed by atoms with Gasteiger partial charge in [-0.2, -0.15) is 0 Å². The Morgan fingerprint density at radius 1 is 1.59 bits per heavy atom. The highest BCUT2D eigenvalue weighted by molar-refractivity contribution is 5.80. The van der Waals surface area contributed by atoms with Gasteiger partial charge in [0.05, 0.1) is 0 Å². The minimum atomic E-state index is -0.995. The topological polar surface area (TPSA) is 69.6 Å². The molecule has 2 N–H and O–H groups in total. The van der Waals surface area contributed by atoms with Crippen LogP contribution in [0.3, 0.4) is 0 Å². The van der Waals surface area contributed by atoms with E-state index in [4.69, 9.17) is 11.5 Å². The normalized spacial score (nSPS) is 15.8. The fourth-order valence-electron chi connectivity index (χ4n) is 1.52. The Bertz CT molecular complexity index is 331. The summed E-state index contributed by atoms with van der Waals surface area (Å²) in [5.74, 6) is 1.92. The first-order valence-corrected chi connectivity index (χ1v) is 5.73. The standard InChI is InChI=1S/C12H18N2O3/c1-3-4-9(2)13-12(17)14(8-11(15)16)7-10-5-6-10/h1,9-10H,4-8H2,2H3,(H,13,17)(H,15,16). The van der Waals surface area contributed by atoms with Crippen LogP contribution in [0.15, 0.2) is 0 Å². The van der Waals surface area contributed by atoms with Crippen molar-refractivity contribution in [1.82, 2.24) is 10.2 Å². The fraction of sp³-hybridized carbons (Fsp3) is 0.667. The van der Waals surface area contributed by atoms with Crippen molar-refractivity contribution >= 4 is 12.0 Å². The number of rotatable bonds is 6. The van der Waals surface area contributed by atoms with E-state index in [2.05, 4.69) is 11.2 Å². The second kappa shape index (κ2) is 6.14. The van der Waals surface area contributed by atoms with E-state index >= 15 is 0 Å². The van der Waals surface area contributed by atoms with Crippen LogP contribution in [0.2, 0.25) is 0 Å². The molecular formula is C12H18N2O3. The van der Waals surface area contributed by atoms with Crippen LogP contribution in [-0.2, 0) is 4.79 Å². The number of nitrogens with one attached hydrogen (secondary N) is 1. The maximum absolute atomic E-state index is 11.8. The highest BCUT2D eigenvalue weighted by Crippen LogP contribution is 2.29. The molecule has 17 heavy (non-hydrogen) atoms. The highest BCUT2D eigenvalue weighted by Gasteiger charge is 2.28. The van der Waals surface area contributed by atoms with Crippen LogP contribution in [0.4, 0.5) is 4.79 Å². The zero-order valence-electron chi connectivity index (χ0n) is 9.98. The second-order valence-corrected chi connectivity index (χ2v) is 4.48. The number of carboxylic acid groups (broad SMARTS) is 1. The number of urea groups is 1. The van der Waals surface area contributed by atoms with E-state index in [0.717, 1.165) is 12.8 Å². The molecule has 0 heterocycles. The Morgan fingerprint density at radius 2 is 2.24 bits per heavy atom. The number of aliphatic carboxylic acids is 1. The maximum atomic E-state index is 11.8. The minimum absolute atomic E-state index is 0.136. The van der Waals surface area contributed by atoms with Crippen LogP contribution >= 0.6 is 0 Å². The van der Waals surface area contributed by atoms with Crippen molar-refractivity contribution in [2.75, 3.05) is 13.1 Å². The van der Waals surface area contributed by atoms with E-state index in [9.17, 15) is 9.59 Å². The molecule has 1 unspecified atom stereocenters. The summed E-state index contributed by atoms with van der Waals surface area (Å²) >= 11 is 0. The minimum Gasteiger partial charge on any atom is -0.480 e. The first-order valence-electron chi connectivity index (χ1n) is 5.73. The van der Waals surface area contributed by atoms with E-state index in [1.54, 1.807) is 6.92 Å². The summed E-state index contributed by atoms with van der Waals surface area (Å²) < 4.78 is 0. The summed E-state index contributed by atoms with van der Waals surface area (Å²) in [5.41, 5.74) is 0. The van der Waals surface area contributed by atoms with Gasteiger partial charge in [0.2, 0.25) is 0 Å². The molecule has 0 bridgehead atoms. The van der Waals surface area contributed by atoms with Crippen molar-refractivity contribution in [3.05, 3.63) is 0 Å². The summed E-state index contributed by atoms with van der Waals surface area (Å²) in [7, 11) is 0. The lowest BCUT2D eigenvalue weighted by molar-refractivity contribution is -0.137. The lowest BCUT2D eigenvalue weighted by atomic mass is 10.2. The number of carbonyl (C=O) groups is 2. The summed E-state index contributed by atoms with van der Waals surface area (Å²) in [6, 6.07) is -0.481. The van der Waals surface area contributed by atoms with E-state index < -0.39 is 5.97 Å². The number of nitrogens with zero attached hydrogens (tertiary/aromatic N) is 1. The molecule has 0 aromatic carbocycles. The molecule has 1 aliphatic rings. The van der Waals surface area contributed by atoms with Gasteiger partial charge in [-0.25, -0.2) is 4.79 Å². The van der Waals surface area contributed by atoms with Gasteiger partial charge in [-0.15, -0.1) is 12.3 Å². The lowest BCUT2D eigenvalue weighted by Gasteiger charge is -2.23. The Kier molecular flexibility index (Phi) is 4.83. The molecule has 0 radical (unpaired) electrons. The monoisotopic (exact) mass is 238 g/mol. The molecular weight excluding hydrogens is 220 g/mol. The molecule has 0 aromatic rings. The highest BCUT2D eigenvalue weighted by atomic mass is 16.4. The van der Waals surface area contributed by atoms with Gasteiger partial charge in [0, 0.05) is 19.0 Å². The third-order valence-corrected chi connectivity index (χ3v) is 2.58. The van der Waals surface area contributed by atoms with Crippen LogP contribution in [0, 0.1) is 18.3 Å². The molecule has 5 heteroatoms. The van der Waals surface area contributed by atoms with Crippen molar-refractivity contribution in [2.45, 2.75) is 32.2 Å². The summed E-state index contributed by atoms with van der Waals surface area (Å²) in [4.78, 5) is 23.8. The largest absolute Gasteiger partial charge is 0.480 e. The second-order valence-electron chi connectivity index (χ2n) is 4.48. The maximum Gasteiger partial charge on any atom is 0.323 e. The van der Waals surface area contributed by atoms with Gasteiger partial charge in [0.1, 0.15) is 6.54 Å². The van der Waals surface area contributed by atoms with Crippen molar-refractivity contribution in [1.29, 1.82) is 0 Å². The lowest BCUT2D eigenvalue weighted by Crippen LogP contribution is -2.46. The molecule has 0 aromatic heterocycles. The van der Waals surface area contributed by atoms with Gasteiger partial charge in [-0.05, 0) is 25.7 Å². The quantitative estimate of drug-likeness (QED) is 0.676. The zero-order chi connectivity index (χ0) is 12.8. The molecule has 0 aliphatic heterocycles. The summed E-state index contributed by atoms with van der Waals surface area (Å²) in [6.45, 7) is 2.06. The predicted octanol–water partition coefficient (Wildman–Crippen LogP) is 0.904. The number of terminal acetylenes is 1. The third kappa shape index (κ3) is 5.25. The third-order valence-electron chi connectivity index (χ3n) is 2.58. The van der Waals surface area contributed by atoms with Crippen LogP contribution in [0.25, 0.3) is 0 Å². The van der Waals surface area contributed by atoms with Gasteiger partial charge in [0.15, 0.2) is 0 Å². The fourth-order valence-corrected chi connectivity index (χ4v) is 1.52. The Labute approximate surface area is 101 Å². The Morgan fingerprint density at radius 3 is 2.71 bits per heavy atom. The van der Waals surface area contributed by atoms with Crippen molar-refractivity contribution in [2.24, 2.45) is 5.92 Å². The Balaban J connectivity index is 2.46. The molecule has 1 aliphatic carbocycles. The van der Waals surface area contributed by atoms with Crippen molar-refractivity contribution < 1.29 is 14.7 Å². The average Bonchev–Trinajstić information content (AvgIpc) is 3.00. The summed E-state index contributed by atoms with van der Waals surface area (Å²) in [6.07, 6.45) is 7.73. The summed E-state index contributed by atoms with van der Waals surface area (Å²) in [5, 5.41) is 11.5. The van der Waals surface area contributed by atoms with Gasteiger partial charge in [-0.1, -0.05) is 0 Å². The smallest absolute Gasteiger partial charge is 0.323 e. The first-order chi connectivity index (χ1) is 8.02. The molecule has 94 valence electrons. The van der Waals surface area contributed by atoms with Gasteiger partial charge >= 0.3 is 12.0 Å². The van der Waals surface area contributed by atoms with E-state index in [1.165, 1.54) is 4.90 Å². The van der Waals surface area contributed by atoms with Crippen LogP contribution < -0.4 is 5.32 Å². The van der Waals surface area contributed by atoms with Crippen LogP contribution in [0.1, 0.15) is 26.2 Å². The molecule has 1 fully saturated rings. The molecule has 1 rings (SSSR count). The molecule has 2 amide bonds.